The molecule has 1 heterocycles. The second-order valence-electron chi connectivity index (χ2n) is 6.25. The quantitative estimate of drug-likeness (QED) is 0.932. The molecule has 3 rings (SSSR count). The summed E-state index contributed by atoms with van der Waals surface area (Å²) in [6.45, 7) is 0.736. The minimum Gasteiger partial charge on any atom is -0.481 e. The average molecular weight is 295 g/mol. The van der Waals surface area contributed by atoms with Crippen molar-refractivity contribution in [1.29, 1.82) is 0 Å². The van der Waals surface area contributed by atoms with Gasteiger partial charge in [0.05, 0.1) is 0 Å². The van der Waals surface area contributed by atoms with Crippen molar-refractivity contribution in [3.8, 4) is 0 Å². The van der Waals surface area contributed by atoms with Crippen molar-refractivity contribution >= 4 is 5.97 Å². The lowest BCUT2D eigenvalue weighted by molar-refractivity contribution is -0.234. The number of alkyl halides is 2. The minimum absolute atomic E-state index is 0.0666. The first-order valence-electron chi connectivity index (χ1n) is 7.33. The molecule has 1 aromatic rings. The Balaban J connectivity index is 1.86. The SMILES string of the molecule is O=C(O)C12CCCC(CN(Cc3ccccc3)C1)C2(F)F. The molecule has 1 aliphatic carbocycles. The van der Waals surface area contributed by atoms with E-state index in [9.17, 15) is 18.7 Å². The molecule has 2 fully saturated rings. The second kappa shape index (κ2) is 5.05. The second-order valence-corrected chi connectivity index (χ2v) is 6.25. The van der Waals surface area contributed by atoms with Gasteiger partial charge in [0.25, 0.3) is 5.92 Å². The lowest BCUT2D eigenvalue weighted by atomic mass is 9.63. The maximum Gasteiger partial charge on any atom is 0.317 e. The predicted octanol–water partition coefficient (Wildman–Crippen LogP) is 3.01. The number of benzene rings is 1. The van der Waals surface area contributed by atoms with E-state index in [0.29, 0.717) is 19.4 Å². The fourth-order valence-corrected chi connectivity index (χ4v) is 3.82. The van der Waals surface area contributed by atoms with Crippen molar-refractivity contribution < 1.29 is 18.7 Å². The Hall–Kier alpha value is -1.49. The number of fused-ring (bicyclic) bond motifs is 2. The van der Waals surface area contributed by atoms with Crippen molar-refractivity contribution in [2.45, 2.75) is 31.7 Å². The van der Waals surface area contributed by atoms with Crippen LogP contribution in [0.4, 0.5) is 8.78 Å². The van der Waals surface area contributed by atoms with E-state index in [0.717, 1.165) is 5.56 Å². The van der Waals surface area contributed by atoms with E-state index in [1.807, 2.05) is 35.2 Å². The molecular weight excluding hydrogens is 276 g/mol. The summed E-state index contributed by atoms with van der Waals surface area (Å²) in [7, 11) is 0. The molecule has 3 nitrogen and oxygen atoms in total. The summed E-state index contributed by atoms with van der Waals surface area (Å²) in [6.07, 6.45) is 1.05. The molecule has 2 atom stereocenters. The highest BCUT2D eigenvalue weighted by molar-refractivity contribution is 5.77. The van der Waals surface area contributed by atoms with Gasteiger partial charge in [0.1, 0.15) is 5.41 Å². The van der Waals surface area contributed by atoms with E-state index >= 15 is 0 Å². The van der Waals surface area contributed by atoms with Crippen LogP contribution in [0.3, 0.4) is 0 Å². The first-order chi connectivity index (χ1) is 9.96. The molecule has 1 aliphatic heterocycles. The Kier molecular flexibility index (Phi) is 3.48. The number of rotatable bonds is 3. The van der Waals surface area contributed by atoms with E-state index in [1.54, 1.807) is 0 Å². The molecule has 2 aliphatic rings. The van der Waals surface area contributed by atoms with Crippen molar-refractivity contribution in [1.82, 2.24) is 4.90 Å². The number of hydrogen-bond acceptors (Lipinski definition) is 2. The summed E-state index contributed by atoms with van der Waals surface area (Å²) in [4.78, 5) is 13.5. The first kappa shape index (κ1) is 14.4. The minimum atomic E-state index is -3.11. The molecule has 0 spiro atoms. The Morgan fingerprint density at radius 3 is 2.71 bits per heavy atom. The van der Waals surface area contributed by atoms with Gasteiger partial charge in [0.15, 0.2) is 0 Å². The van der Waals surface area contributed by atoms with Crippen molar-refractivity contribution in [3.63, 3.8) is 0 Å². The molecular formula is C16H19F2NO2. The van der Waals surface area contributed by atoms with Crippen LogP contribution >= 0.6 is 0 Å². The number of nitrogens with zero attached hydrogens (tertiary/aromatic N) is 1. The van der Waals surface area contributed by atoms with Crippen LogP contribution in [0, 0.1) is 11.3 Å². The van der Waals surface area contributed by atoms with Gasteiger partial charge in [-0.25, -0.2) is 8.78 Å². The molecule has 1 N–H and O–H groups in total. The van der Waals surface area contributed by atoms with Crippen molar-refractivity contribution in [2.24, 2.45) is 11.3 Å². The Bertz CT molecular complexity index is 534. The predicted molar refractivity (Wildman–Crippen MR) is 74.1 cm³/mol. The van der Waals surface area contributed by atoms with Gasteiger partial charge < -0.3 is 5.11 Å². The van der Waals surface area contributed by atoms with Gasteiger partial charge in [0, 0.05) is 25.6 Å². The number of carboxylic acids is 1. The van der Waals surface area contributed by atoms with E-state index in [2.05, 4.69) is 0 Å². The van der Waals surface area contributed by atoms with Gasteiger partial charge in [-0.05, 0) is 18.4 Å². The van der Waals surface area contributed by atoms with Crippen LogP contribution in [0.2, 0.25) is 0 Å². The summed E-state index contributed by atoms with van der Waals surface area (Å²) in [6, 6.07) is 9.59. The Morgan fingerprint density at radius 2 is 2.05 bits per heavy atom. The molecule has 2 bridgehead atoms. The van der Waals surface area contributed by atoms with Gasteiger partial charge in [-0.15, -0.1) is 0 Å². The smallest absolute Gasteiger partial charge is 0.317 e. The van der Waals surface area contributed by atoms with E-state index in [1.165, 1.54) is 0 Å². The zero-order valence-corrected chi connectivity index (χ0v) is 11.8. The fraction of sp³-hybridized carbons (Fsp3) is 0.562. The average Bonchev–Trinajstić information content (AvgIpc) is 2.40. The number of hydrogen-bond donors (Lipinski definition) is 1. The monoisotopic (exact) mass is 295 g/mol. The number of halogens is 2. The summed E-state index contributed by atoms with van der Waals surface area (Å²) in [5, 5.41) is 9.45. The van der Waals surface area contributed by atoms with Crippen LogP contribution in [0.25, 0.3) is 0 Å². The third kappa shape index (κ3) is 2.24. The molecule has 0 aromatic heterocycles. The van der Waals surface area contributed by atoms with Crippen LogP contribution < -0.4 is 0 Å². The largest absolute Gasteiger partial charge is 0.481 e. The molecule has 114 valence electrons. The summed E-state index contributed by atoms with van der Waals surface area (Å²) < 4.78 is 29.0. The van der Waals surface area contributed by atoms with Crippen LogP contribution in [-0.2, 0) is 11.3 Å². The maximum absolute atomic E-state index is 14.5. The number of likely N-dealkylation sites (tertiary alicyclic amines) is 1. The molecule has 0 amide bonds. The van der Waals surface area contributed by atoms with E-state index in [4.69, 9.17) is 0 Å². The summed E-state index contributed by atoms with van der Waals surface area (Å²) >= 11 is 0. The van der Waals surface area contributed by atoms with Crippen LogP contribution in [0.15, 0.2) is 30.3 Å². The fourth-order valence-electron chi connectivity index (χ4n) is 3.82. The molecule has 21 heavy (non-hydrogen) atoms. The Morgan fingerprint density at radius 1 is 1.33 bits per heavy atom. The molecule has 0 radical (unpaired) electrons. The van der Waals surface area contributed by atoms with E-state index in [-0.39, 0.29) is 19.5 Å². The molecule has 2 unspecified atom stereocenters. The maximum atomic E-state index is 14.5. The van der Waals surface area contributed by atoms with Gasteiger partial charge >= 0.3 is 5.97 Å². The van der Waals surface area contributed by atoms with Gasteiger partial charge in [-0.2, -0.15) is 0 Å². The first-order valence-corrected chi connectivity index (χ1v) is 7.33. The lowest BCUT2D eigenvalue weighted by Crippen LogP contribution is -2.65. The normalized spacial score (nSPS) is 31.8. The third-order valence-corrected chi connectivity index (χ3v) is 4.94. The third-order valence-electron chi connectivity index (χ3n) is 4.94. The van der Waals surface area contributed by atoms with Gasteiger partial charge in [0.2, 0.25) is 0 Å². The zero-order valence-electron chi connectivity index (χ0n) is 11.8. The van der Waals surface area contributed by atoms with Gasteiger partial charge in [-0.3, -0.25) is 9.69 Å². The highest BCUT2D eigenvalue weighted by atomic mass is 19.3. The number of aliphatic carboxylic acids is 1. The molecule has 1 saturated carbocycles. The number of carbonyl (C=O) groups is 1. The summed E-state index contributed by atoms with van der Waals surface area (Å²) in [5.41, 5.74) is -0.885. The standard InChI is InChI=1S/C16H19F2NO2/c17-16(18)13-7-4-8-15(16,14(20)21)11-19(10-13)9-12-5-2-1-3-6-12/h1-3,5-6,13H,4,7-11H2,(H,20,21). The lowest BCUT2D eigenvalue weighted by Gasteiger charge is -2.52. The zero-order chi connectivity index (χ0) is 15.1. The Labute approximate surface area is 122 Å². The van der Waals surface area contributed by atoms with E-state index < -0.39 is 23.2 Å². The number of piperidine rings is 1. The topological polar surface area (TPSA) is 40.5 Å². The molecule has 1 aromatic carbocycles. The number of carboxylic acid groups (broad SMARTS) is 1. The van der Waals surface area contributed by atoms with Crippen LogP contribution in [0.5, 0.6) is 0 Å². The molecule has 5 heteroatoms. The van der Waals surface area contributed by atoms with Crippen molar-refractivity contribution in [2.75, 3.05) is 13.1 Å². The molecule has 1 saturated heterocycles. The van der Waals surface area contributed by atoms with Crippen LogP contribution in [0.1, 0.15) is 24.8 Å². The highest BCUT2D eigenvalue weighted by Crippen LogP contribution is 2.55. The van der Waals surface area contributed by atoms with Gasteiger partial charge in [-0.1, -0.05) is 36.8 Å². The highest BCUT2D eigenvalue weighted by Gasteiger charge is 2.67. The van der Waals surface area contributed by atoms with Crippen LogP contribution in [-0.4, -0.2) is 35.0 Å². The van der Waals surface area contributed by atoms with Crippen molar-refractivity contribution in [3.05, 3.63) is 35.9 Å². The summed E-state index contributed by atoms with van der Waals surface area (Å²) in [5.74, 6) is -5.31.